The predicted octanol–water partition coefficient (Wildman–Crippen LogP) is 3.25. The Morgan fingerprint density at radius 1 is 1.03 bits per heavy atom. The SMILES string of the molecule is Cc1nc(-c2cccs2)ccc1C(=O)N1CCN(C(=O)Cc2c(C)noc2C)CC1. The van der Waals surface area contributed by atoms with Gasteiger partial charge in [-0.15, -0.1) is 11.3 Å². The molecule has 0 radical (unpaired) electrons. The van der Waals surface area contributed by atoms with Crippen molar-refractivity contribution in [3.05, 3.63) is 57.9 Å². The Bertz CT molecular complexity index is 1050. The van der Waals surface area contributed by atoms with Gasteiger partial charge in [-0.2, -0.15) is 0 Å². The molecular weight excluding hydrogens is 400 g/mol. The van der Waals surface area contributed by atoms with E-state index < -0.39 is 0 Å². The highest BCUT2D eigenvalue weighted by Gasteiger charge is 2.27. The van der Waals surface area contributed by atoms with Gasteiger partial charge in [-0.25, -0.2) is 0 Å². The number of aryl methyl sites for hydroxylation is 3. The highest BCUT2D eigenvalue weighted by molar-refractivity contribution is 7.13. The molecule has 3 aromatic heterocycles. The first-order valence-corrected chi connectivity index (χ1v) is 10.8. The zero-order valence-corrected chi connectivity index (χ0v) is 18.2. The number of rotatable bonds is 4. The minimum atomic E-state index is -0.0319. The van der Waals surface area contributed by atoms with Crippen molar-refractivity contribution in [3.63, 3.8) is 0 Å². The average Bonchev–Trinajstić information content (AvgIpc) is 3.39. The lowest BCUT2D eigenvalue weighted by Crippen LogP contribution is -2.51. The fraction of sp³-hybridized carbons (Fsp3) is 0.364. The van der Waals surface area contributed by atoms with E-state index in [1.807, 2.05) is 50.4 Å². The molecule has 30 heavy (non-hydrogen) atoms. The summed E-state index contributed by atoms with van der Waals surface area (Å²) in [6.45, 7) is 7.60. The Balaban J connectivity index is 1.38. The third kappa shape index (κ3) is 4.00. The number of pyridine rings is 1. The molecule has 0 aromatic carbocycles. The number of piperazine rings is 1. The zero-order valence-electron chi connectivity index (χ0n) is 17.3. The van der Waals surface area contributed by atoms with Gasteiger partial charge < -0.3 is 14.3 Å². The molecule has 0 N–H and O–H groups in total. The fourth-order valence-corrected chi connectivity index (χ4v) is 4.39. The van der Waals surface area contributed by atoms with Gasteiger partial charge in [0.2, 0.25) is 5.91 Å². The van der Waals surface area contributed by atoms with Crippen LogP contribution in [-0.4, -0.2) is 57.9 Å². The van der Waals surface area contributed by atoms with Crippen LogP contribution in [0.5, 0.6) is 0 Å². The molecule has 0 aliphatic carbocycles. The van der Waals surface area contributed by atoms with E-state index in [-0.39, 0.29) is 18.2 Å². The largest absolute Gasteiger partial charge is 0.361 e. The minimum Gasteiger partial charge on any atom is -0.361 e. The number of carbonyl (C=O) groups excluding carboxylic acids is 2. The molecule has 1 saturated heterocycles. The van der Waals surface area contributed by atoms with Crippen molar-refractivity contribution >= 4 is 23.2 Å². The summed E-state index contributed by atoms with van der Waals surface area (Å²) in [5.41, 5.74) is 3.83. The summed E-state index contributed by atoms with van der Waals surface area (Å²) in [5.74, 6) is 0.689. The van der Waals surface area contributed by atoms with E-state index in [0.29, 0.717) is 37.5 Å². The molecule has 0 bridgehead atoms. The second kappa shape index (κ2) is 8.39. The summed E-state index contributed by atoms with van der Waals surface area (Å²) in [7, 11) is 0. The standard InChI is InChI=1S/C22H24N4O3S/c1-14-17(6-7-19(23-14)20-5-4-12-30-20)22(28)26-10-8-25(9-11-26)21(27)13-18-15(2)24-29-16(18)3/h4-7,12H,8-11,13H2,1-3H3. The maximum atomic E-state index is 13.0. The van der Waals surface area contributed by atoms with E-state index >= 15 is 0 Å². The van der Waals surface area contributed by atoms with E-state index in [1.54, 1.807) is 21.1 Å². The highest BCUT2D eigenvalue weighted by atomic mass is 32.1. The molecule has 1 aliphatic rings. The molecule has 3 aromatic rings. The van der Waals surface area contributed by atoms with Crippen LogP contribution >= 0.6 is 11.3 Å². The van der Waals surface area contributed by atoms with Gasteiger partial charge in [0.05, 0.1) is 33.9 Å². The average molecular weight is 425 g/mol. The minimum absolute atomic E-state index is 0.0319. The van der Waals surface area contributed by atoms with Gasteiger partial charge in [0.15, 0.2) is 0 Å². The van der Waals surface area contributed by atoms with Crippen LogP contribution in [0.4, 0.5) is 0 Å². The number of amides is 2. The fourth-order valence-electron chi connectivity index (χ4n) is 3.70. The normalized spacial score (nSPS) is 14.2. The Kier molecular flexibility index (Phi) is 5.67. The smallest absolute Gasteiger partial charge is 0.255 e. The molecule has 8 heteroatoms. The van der Waals surface area contributed by atoms with Gasteiger partial charge in [-0.05, 0) is 44.4 Å². The molecule has 0 unspecified atom stereocenters. The lowest BCUT2D eigenvalue weighted by Gasteiger charge is -2.35. The van der Waals surface area contributed by atoms with Crippen molar-refractivity contribution < 1.29 is 14.1 Å². The van der Waals surface area contributed by atoms with Crippen molar-refractivity contribution in [2.24, 2.45) is 0 Å². The predicted molar refractivity (Wildman–Crippen MR) is 114 cm³/mol. The van der Waals surface area contributed by atoms with Crippen LogP contribution in [0.1, 0.15) is 33.1 Å². The first-order chi connectivity index (χ1) is 14.4. The van der Waals surface area contributed by atoms with E-state index in [2.05, 4.69) is 10.1 Å². The zero-order chi connectivity index (χ0) is 21.3. The van der Waals surface area contributed by atoms with Crippen molar-refractivity contribution in [2.45, 2.75) is 27.2 Å². The van der Waals surface area contributed by atoms with Gasteiger partial charge >= 0.3 is 0 Å². The quantitative estimate of drug-likeness (QED) is 0.642. The topological polar surface area (TPSA) is 79.5 Å². The molecular formula is C22H24N4O3S. The Morgan fingerprint density at radius 3 is 2.37 bits per heavy atom. The number of thiophene rings is 1. The van der Waals surface area contributed by atoms with Gasteiger partial charge in [-0.1, -0.05) is 11.2 Å². The third-order valence-electron chi connectivity index (χ3n) is 5.52. The van der Waals surface area contributed by atoms with Gasteiger partial charge in [-0.3, -0.25) is 14.6 Å². The summed E-state index contributed by atoms with van der Waals surface area (Å²) in [5, 5.41) is 5.92. The van der Waals surface area contributed by atoms with E-state index in [9.17, 15) is 9.59 Å². The van der Waals surface area contributed by atoms with Crippen LogP contribution in [0.25, 0.3) is 10.6 Å². The van der Waals surface area contributed by atoms with E-state index in [4.69, 9.17) is 4.52 Å². The number of carbonyl (C=O) groups is 2. The summed E-state index contributed by atoms with van der Waals surface area (Å²) >= 11 is 1.63. The van der Waals surface area contributed by atoms with Crippen molar-refractivity contribution in [2.75, 3.05) is 26.2 Å². The molecule has 1 aliphatic heterocycles. The second-order valence-electron chi connectivity index (χ2n) is 7.46. The highest BCUT2D eigenvalue weighted by Crippen LogP contribution is 2.24. The Morgan fingerprint density at radius 2 is 1.77 bits per heavy atom. The first kappa shape index (κ1) is 20.3. The van der Waals surface area contributed by atoms with Crippen LogP contribution in [0, 0.1) is 20.8 Å². The number of hydrogen-bond donors (Lipinski definition) is 0. The van der Waals surface area contributed by atoms with Gasteiger partial charge in [0.25, 0.3) is 5.91 Å². The van der Waals surface area contributed by atoms with Crippen LogP contribution in [-0.2, 0) is 11.2 Å². The summed E-state index contributed by atoms with van der Waals surface area (Å²) < 4.78 is 5.15. The summed E-state index contributed by atoms with van der Waals surface area (Å²) in [4.78, 5) is 35.0. The lowest BCUT2D eigenvalue weighted by molar-refractivity contribution is -0.131. The molecule has 0 spiro atoms. The molecule has 1 fully saturated rings. The van der Waals surface area contributed by atoms with E-state index in [0.717, 1.165) is 27.5 Å². The van der Waals surface area contributed by atoms with Gasteiger partial charge in [0, 0.05) is 31.7 Å². The van der Waals surface area contributed by atoms with E-state index in [1.165, 1.54) is 0 Å². The van der Waals surface area contributed by atoms with Crippen LogP contribution in [0.2, 0.25) is 0 Å². The molecule has 156 valence electrons. The van der Waals surface area contributed by atoms with Crippen molar-refractivity contribution in [3.8, 4) is 10.6 Å². The first-order valence-electron chi connectivity index (χ1n) is 9.94. The lowest BCUT2D eigenvalue weighted by atomic mass is 10.1. The Labute approximate surface area is 179 Å². The number of hydrogen-bond acceptors (Lipinski definition) is 6. The van der Waals surface area contributed by atoms with Crippen LogP contribution in [0.15, 0.2) is 34.2 Å². The molecule has 0 atom stereocenters. The molecule has 2 amide bonds. The van der Waals surface area contributed by atoms with Gasteiger partial charge in [0.1, 0.15) is 5.76 Å². The summed E-state index contributed by atoms with van der Waals surface area (Å²) in [6, 6.07) is 7.76. The van der Waals surface area contributed by atoms with Crippen LogP contribution < -0.4 is 0 Å². The third-order valence-corrected chi connectivity index (χ3v) is 6.41. The molecule has 0 saturated carbocycles. The van der Waals surface area contributed by atoms with Crippen molar-refractivity contribution in [1.82, 2.24) is 19.9 Å². The maximum Gasteiger partial charge on any atom is 0.255 e. The summed E-state index contributed by atoms with van der Waals surface area (Å²) in [6.07, 6.45) is 0.280. The molecule has 4 rings (SSSR count). The number of nitrogens with zero attached hydrogens (tertiary/aromatic N) is 4. The Hall–Kier alpha value is -3.00. The van der Waals surface area contributed by atoms with Crippen molar-refractivity contribution in [1.29, 1.82) is 0 Å². The molecule has 7 nitrogen and oxygen atoms in total. The monoisotopic (exact) mass is 424 g/mol. The molecule has 4 heterocycles. The second-order valence-corrected chi connectivity index (χ2v) is 8.41. The number of aromatic nitrogens is 2. The van der Waals surface area contributed by atoms with Crippen LogP contribution in [0.3, 0.4) is 0 Å². The maximum absolute atomic E-state index is 13.0.